The molecule has 0 aromatic carbocycles. The highest BCUT2D eigenvalue weighted by Crippen LogP contribution is 2.14. The van der Waals surface area contributed by atoms with E-state index in [2.05, 4.69) is 20.5 Å². The number of aromatic nitrogens is 3. The van der Waals surface area contributed by atoms with Gasteiger partial charge in [0, 0.05) is 11.4 Å². The summed E-state index contributed by atoms with van der Waals surface area (Å²) in [5.74, 6) is 1.04. The molecule has 0 fully saturated rings. The average molecular weight is 308 g/mol. The van der Waals surface area contributed by atoms with Crippen LogP contribution in [-0.4, -0.2) is 33.4 Å². The maximum atomic E-state index is 11.5. The van der Waals surface area contributed by atoms with Crippen LogP contribution in [0.2, 0.25) is 0 Å². The fourth-order valence-corrected chi connectivity index (χ4v) is 2.64. The van der Waals surface area contributed by atoms with E-state index in [1.807, 2.05) is 36.6 Å². The molecule has 0 spiro atoms. The quantitative estimate of drug-likeness (QED) is 0.771. The molecule has 2 rings (SSSR count). The van der Waals surface area contributed by atoms with Crippen molar-refractivity contribution in [3.63, 3.8) is 0 Å². The molecule has 2 heterocycles. The maximum absolute atomic E-state index is 11.5. The molecule has 20 heavy (non-hydrogen) atoms. The van der Waals surface area contributed by atoms with Crippen LogP contribution in [0, 0.1) is 0 Å². The third kappa shape index (κ3) is 4.82. The van der Waals surface area contributed by atoms with E-state index in [0.29, 0.717) is 23.3 Å². The van der Waals surface area contributed by atoms with Crippen LogP contribution in [0.4, 0.5) is 0 Å². The van der Waals surface area contributed by atoms with Crippen LogP contribution < -0.4 is 5.32 Å². The number of carbonyl (C=O) groups excluding carboxylic acids is 1. The molecule has 0 saturated carbocycles. The van der Waals surface area contributed by atoms with E-state index >= 15 is 0 Å². The van der Waals surface area contributed by atoms with Gasteiger partial charge in [0.05, 0.1) is 5.75 Å². The lowest BCUT2D eigenvalue weighted by Gasteiger charge is -2.00. The van der Waals surface area contributed by atoms with Gasteiger partial charge in [0.15, 0.2) is 0 Å². The van der Waals surface area contributed by atoms with E-state index < -0.39 is 0 Å². The third-order valence-electron chi connectivity index (χ3n) is 2.34. The van der Waals surface area contributed by atoms with Crippen molar-refractivity contribution in [2.45, 2.75) is 18.5 Å². The minimum absolute atomic E-state index is 0.0114. The number of carbonyl (C=O) groups is 1. The zero-order valence-electron chi connectivity index (χ0n) is 11.1. The Hall–Kier alpha value is -1.60. The number of hydrogen-bond donors (Lipinski definition) is 2. The number of amides is 1. The van der Waals surface area contributed by atoms with E-state index in [4.69, 9.17) is 0 Å². The second kappa shape index (κ2) is 7.86. The Kier molecular flexibility index (Phi) is 5.82. The first-order chi connectivity index (χ1) is 9.78. The zero-order chi connectivity index (χ0) is 14.2. The second-order valence-corrected chi connectivity index (χ2v) is 5.91. The highest BCUT2D eigenvalue weighted by Gasteiger charge is 2.05. The fraction of sp³-hybridized carbons (Fsp3) is 0.308. The molecule has 0 unspecified atom stereocenters. The molecule has 2 aromatic rings. The summed E-state index contributed by atoms with van der Waals surface area (Å²) in [5.41, 5.74) is 0. The van der Waals surface area contributed by atoms with E-state index in [-0.39, 0.29) is 5.91 Å². The molecule has 5 nitrogen and oxygen atoms in total. The molecular formula is C13H16N4OS2. The van der Waals surface area contributed by atoms with Crippen molar-refractivity contribution in [1.29, 1.82) is 0 Å². The van der Waals surface area contributed by atoms with E-state index in [1.54, 1.807) is 11.3 Å². The van der Waals surface area contributed by atoms with Crippen molar-refractivity contribution in [2.75, 3.05) is 12.3 Å². The summed E-state index contributed by atoms with van der Waals surface area (Å²) in [7, 11) is 0. The summed E-state index contributed by atoms with van der Waals surface area (Å²) in [4.78, 5) is 16.9. The molecule has 2 aromatic heterocycles. The first-order valence-corrected chi connectivity index (χ1v) is 8.18. The minimum Gasteiger partial charge on any atom is -0.355 e. The van der Waals surface area contributed by atoms with Gasteiger partial charge in [-0.05, 0) is 30.0 Å². The molecule has 2 N–H and O–H groups in total. The monoisotopic (exact) mass is 308 g/mol. The standard InChI is InChI=1S/C13H16N4OS2/c1-2-7-14-12(18)9-20-13-15-11(16-17-13)6-5-10-4-3-8-19-10/h3-6,8H,2,7,9H2,1H3,(H,14,18)(H,15,16,17)/b6-5+. The van der Waals surface area contributed by atoms with Crippen LogP contribution >= 0.6 is 23.1 Å². The third-order valence-corrected chi connectivity index (χ3v) is 4.02. The summed E-state index contributed by atoms with van der Waals surface area (Å²) in [6, 6.07) is 4.03. The van der Waals surface area contributed by atoms with Crippen LogP contribution in [-0.2, 0) is 4.79 Å². The normalized spacial score (nSPS) is 11.1. The highest BCUT2D eigenvalue weighted by atomic mass is 32.2. The molecule has 0 aliphatic rings. The maximum Gasteiger partial charge on any atom is 0.230 e. The predicted octanol–water partition coefficient (Wildman–Crippen LogP) is 2.65. The van der Waals surface area contributed by atoms with Gasteiger partial charge in [-0.3, -0.25) is 9.89 Å². The van der Waals surface area contributed by atoms with Crippen LogP contribution in [0.1, 0.15) is 24.0 Å². The Morgan fingerprint density at radius 1 is 1.55 bits per heavy atom. The van der Waals surface area contributed by atoms with Gasteiger partial charge in [-0.1, -0.05) is 24.8 Å². The van der Waals surface area contributed by atoms with Crippen LogP contribution in [0.5, 0.6) is 0 Å². The molecule has 0 aliphatic carbocycles. The zero-order valence-corrected chi connectivity index (χ0v) is 12.8. The van der Waals surface area contributed by atoms with E-state index in [9.17, 15) is 4.79 Å². The van der Waals surface area contributed by atoms with Gasteiger partial charge in [0.25, 0.3) is 0 Å². The van der Waals surface area contributed by atoms with Crippen molar-refractivity contribution < 1.29 is 4.79 Å². The Bertz CT molecular complexity index is 563. The van der Waals surface area contributed by atoms with Gasteiger partial charge in [-0.15, -0.1) is 16.4 Å². The van der Waals surface area contributed by atoms with Gasteiger partial charge >= 0.3 is 0 Å². The lowest BCUT2D eigenvalue weighted by molar-refractivity contribution is -0.118. The van der Waals surface area contributed by atoms with E-state index in [1.165, 1.54) is 11.8 Å². The van der Waals surface area contributed by atoms with Crippen LogP contribution in [0.3, 0.4) is 0 Å². The van der Waals surface area contributed by atoms with Crippen molar-refractivity contribution in [2.24, 2.45) is 0 Å². The highest BCUT2D eigenvalue weighted by molar-refractivity contribution is 7.99. The number of thioether (sulfide) groups is 1. The van der Waals surface area contributed by atoms with Gasteiger partial charge in [-0.2, -0.15) is 0 Å². The summed E-state index contributed by atoms with van der Waals surface area (Å²) in [6.07, 6.45) is 4.79. The summed E-state index contributed by atoms with van der Waals surface area (Å²) in [6.45, 7) is 2.73. The first-order valence-electron chi connectivity index (χ1n) is 6.31. The summed E-state index contributed by atoms with van der Waals surface area (Å²) in [5, 5.41) is 12.3. The molecule has 0 atom stereocenters. The number of hydrogen-bond acceptors (Lipinski definition) is 5. The van der Waals surface area contributed by atoms with Crippen molar-refractivity contribution in [3.8, 4) is 0 Å². The topological polar surface area (TPSA) is 70.7 Å². The first kappa shape index (κ1) is 14.8. The minimum atomic E-state index is 0.0114. The molecule has 0 aliphatic heterocycles. The van der Waals surface area contributed by atoms with Gasteiger partial charge in [0.2, 0.25) is 11.1 Å². The van der Waals surface area contributed by atoms with Crippen molar-refractivity contribution in [1.82, 2.24) is 20.5 Å². The molecule has 7 heteroatoms. The van der Waals surface area contributed by atoms with Gasteiger partial charge in [0.1, 0.15) is 5.82 Å². The lowest BCUT2D eigenvalue weighted by atomic mass is 10.4. The largest absolute Gasteiger partial charge is 0.355 e. The Balaban J connectivity index is 1.81. The molecular weight excluding hydrogens is 292 g/mol. The molecule has 0 saturated heterocycles. The summed E-state index contributed by atoms with van der Waals surface area (Å²) < 4.78 is 0. The molecule has 0 bridgehead atoms. The average Bonchev–Trinajstić information content (AvgIpc) is 3.11. The SMILES string of the molecule is CCCNC(=O)CSc1n[nH]c(/C=C/c2cccs2)n1. The van der Waals surface area contributed by atoms with E-state index in [0.717, 1.165) is 11.3 Å². The van der Waals surface area contributed by atoms with Gasteiger partial charge < -0.3 is 5.32 Å². The Labute approximate surface area is 125 Å². The van der Waals surface area contributed by atoms with Crippen LogP contribution in [0.15, 0.2) is 22.7 Å². The van der Waals surface area contributed by atoms with Crippen LogP contribution in [0.25, 0.3) is 12.2 Å². The predicted molar refractivity (Wildman–Crippen MR) is 83.7 cm³/mol. The molecule has 106 valence electrons. The molecule has 0 radical (unpaired) electrons. The number of H-pyrrole nitrogens is 1. The number of rotatable bonds is 7. The smallest absolute Gasteiger partial charge is 0.230 e. The lowest BCUT2D eigenvalue weighted by Crippen LogP contribution is -2.25. The number of nitrogens with zero attached hydrogens (tertiary/aromatic N) is 2. The Morgan fingerprint density at radius 3 is 3.20 bits per heavy atom. The van der Waals surface area contributed by atoms with Crippen molar-refractivity contribution in [3.05, 3.63) is 28.2 Å². The molecule has 1 amide bonds. The summed E-state index contributed by atoms with van der Waals surface area (Å²) >= 11 is 2.99. The number of aromatic amines is 1. The second-order valence-electron chi connectivity index (χ2n) is 3.99. The fourth-order valence-electron chi connectivity index (χ4n) is 1.39. The Morgan fingerprint density at radius 2 is 2.45 bits per heavy atom. The number of nitrogens with one attached hydrogen (secondary N) is 2. The van der Waals surface area contributed by atoms with Gasteiger partial charge in [-0.25, -0.2) is 4.98 Å². The van der Waals surface area contributed by atoms with Crippen molar-refractivity contribution >= 4 is 41.2 Å². The number of thiophene rings is 1.